The summed E-state index contributed by atoms with van der Waals surface area (Å²) in [7, 11) is 0. The number of allylic oxidation sites excluding steroid dienone is 1. The Kier molecular flexibility index (Phi) is 5.35. The largest absolute Gasteiger partial charge is 0.478 e. The third-order valence-corrected chi connectivity index (χ3v) is 4.63. The molecule has 4 heteroatoms. The van der Waals surface area contributed by atoms with Crippen LogP contribution in [0.5, 0.6) is 0 Å². The Morgan fingerprint density at radius 2 is 2.05 bits per heavy atom. The maximum atomic E-state index is 13.5. The zero-order valence-electron chi connectivity index (χ0n) is 11.2. The second-order valence-corrected chi connectivity index (χ2v) is 6.22. The molecular formula is C16H18BrFO2. The molecule has 0 aliphatic heterocycles. The van der Waals surface area contributed by atoms with Gasteiger partial charge in [0.1, 0.15) is 5.82 Å². The van der Waals surface area contributed by atoms with Crippen LogP contribution in [0.1, 0.15) is 43.6 Å². The molecule has 0 unspecified atom stereocenters. The molecule has 0 radical (unpaired) electrons. The number of hydrogen-bond acceptors (Lipinski definition) is 1. The quantitative estimate of drug-likeness (QED) is 0.792. The van der Waals surface area contributed by atoms with Gasteiger partial charge in [0.2, 0.25) is 0 Å². The van der Waals surface area contributed by atoms with Gasteiger partial charge in [-0.25, -0.2) is 9.18 Å². The first-order valence-electron chi connectivity index (χ1n) is 6.90. The number of rotatable bonds is 4. The fourth-order valence-electron chi connectivity index (χ4n) is 2.86. The Labute approximate surface area is 126 Å². The zero-order valence-corrected chi connectivity index (χ0v) is 12.8. The van der Waals surface area contributed by atoms with E-state index in [1.807, 2.05) is 6.07 Å². The molecule has 20 heavy (non-hydrogen) atoms. The summed E-state index contributed by atoms with van der Waals surface area (Å²) in [5, 5.41) is 8.56. The molecule has 1 aliphatic carbocycles. The summed E-state index contributed by atoms with van der Waals surface area (Å²) in [5.74, 6) is -0.0995. The maximum Gasteiger partial charge on any atom is 0.327 e. The van der Waals surface area contributed by atoms with Crippen molar-refractivity contribution in [1.29, 1.82) is 0 Å². The van der Waals surface area contributed by atoms with E-state index in [-0.39, 0.29) is 5.82 Å². The first-order valence-corrected chi connectivity index (χ1v) is 7.70. The first kappa shape index (κ1) is 15.2. The van der Waals surface area contributed by atoms with Crippen LogP contribution in [0.4, 0.5) is 4.39 Å². The standard InChI is InChI=1S/C16H18BrFO2/c17-14-9-8-13(10-15(14)18)12-6-4-11(5-7-12)2-1-3-16(19)20/h1,3,8-12H,2,4-7H2,(H,19,20)/b3-1+. The normalized spacial score (nSPS) is 23.1. The molecule has 0 heterocycles. The van der Waals surface area contributed by atoms with Crippen LogP contribution >= 0.6 is 15.9 Å². The van der Waals surface area contributed by atoms with Gasteiger partial charge in [0.05, 0.1) is 4.47 Å². The van der Waals surface area contributed by atoms with E-state index in [4.69, 9.17) is 5.11 Å². The van der Waals surface area contributed by atoms with E-state index in [9.17, 15) is 9.18 Å². The maximum absolute atomic E-state index is 13.5. The highest BCUT2D eigenvalue weighted by molar-refractivity contribution is 9.10. The van der Waals surface area contributed by atoms with Crippen molar-refractivity contribution >= 4 is 21.9 Å². The van der Waals surface area contributed by atoms with Crippen LogP contribution in [0, 0.1) is 11.7 Å². The number of halogens is 2. The summed E-state index contributed by atoms with van der Waals surface area (Å²) in [4.78, 5) is 10.4. The predicted octanol–water partition coefficient (Wildman–Crippen LogP) is 4.89. The van der Waals surface area contributed by atoms with Gasteiger partial charge < -0.3 is 5.11 Å². The topological polar surface area (TPSA) is 37.3 Å². The summed E-state index contributed by atoms with van der Waals surface area (Å²) >= 11 is 3.17. The Balaban J connectivity index is 1.87. The van der Waals surface area contributed by atoms with Gasteiger partial charge >= 0.3 is 5.97 Å². The number of carboxylic acids is 1. The van der Waals surface area contributed by atoms with E-state index < -0.39 is 5.97 Å². The van der Waals surface area contributed by atoms with Crippen molar-refractivity contribution in [3.8, 4) is 0 Å². The van der Waals surface area contributed by atoms with Gasteiger partial charge in [0, 0.05) is 6.08 Å². The third-order valence-electron chi connectivity index (χ3n) is 3.99. The van der Waals surface area contributed by atoms with Gasteiger partial charge in [0.15, 0.2) is 0 Å². The number of benzene rings is 1. The first-order chi connectivity index (χ1) is 9.56. The van der Waals surface area contributed by atoms with Crippen LogP contribution in [-0.2, 0) is 4.79 Å². The second-order valence-electron chi connectivity index (χ2n) is 5.37. The number of carbonyl (C=O) groups is 1. The van der Waals surface area contributed by atoms with Gasteiger partial charge in [-0.3, -0.25) is 0 Å². The summed E-state index contributed by atoms with van der Waals surface area (Å²) in [6, 6.07) is 5.38. The molecule has 1 aromatic rings. The minimum absolute atomic E-state index is 0.200. The molecule has 2 rings (SSSR count). The van der Waals surface area contributed by atoms with Crippen molar-refractivity contribution < 1.29 is 14.3 Å². The molecule has 1 saturated carbocycles. The van der Waals surface area contributed by atoms with E-state index in [0.717, 1.165) is 37.7 Å². The average Bonchev–Trinajstić information content (AvgIpc) is 2.42. The molecule has 1 fully saturated rings. The van der Waals surface area contributed by atoms with Crippen molar-refractivity contribution in [2.75, 3.05) is 0 Å². The SMILES string of the molecule is O=C(O)/C=C/CC1CCC(c2ccc(Br)c(F)c2)CC1. The van der Waals surface area contributed by atoms with Gasteiger partial charge in [-0.05, 0) is 77.6 Å². The monoisotopic (exact) mass is 340 g/mol. The van der Waals surface area contributed by atoms with Crippen LogP contribution in [0.2, 0.25) is 0 Å². The Bertz CT molecular complexity index is 505. The van der Waals surface area contributed by atoms with Crippen molar-refractivity contribution in [1.82, 2.24) is 0 Å². The smallest absolute Gasteiger partial charge is 0.327 e. The van der Waals surface area contributed by atoms with Crippen LogP contribution in [-0.4, -0.2) is 11.1 Å². The van der Waals surface area contributed by atoms with E-state index in [1.54, 1.807) is 18.2 Å². The zero-order chi connectivity index (χ0) is 14.5. The van der Waals surface area contributed by atoms with Gasteiger partial charge in [-0.2, -0.15) is 0 Å². The van der Waals surface area contributed by atoms with E-state index >= 15 is 0 Å². The fourth-order valence-corrected chi connectivity index (χ4v) is 3.11. The lowest BCUT2D eigenvalue weighted by molar-refractivity contribution is -0.131. The second kappa shape index (κ2) is 7.02. The predicted molar refractivity (Wildman–Crippen MR) is 80.2 cm³/mol. The number of hydrogen-bond donors (Lipinski definition) is 1. The van der Waals surface area contributed by atoms with Crippen LogP contribution in [0.3, 0.4) is 0 Å². The van der Waals surface area contributed by atoms with Crippen molar-refractivity contribution in [3.63, 3.8) is 0 Å². The molecule has 0 spiro atoms. The molecule has 0 saturated heterocycles. The van der Waals surface area contributed by atoms with Crippen LogP contribution < -0.4 is 0 Å². The Morgan fingerprint density at radius 1 is 1.35 bits per heavy atom. The highest BCUT2D eigenvalue weighted by Crippen LogP contribution is 2.37. The highest BCUT2D eigenvalue weighted by Gasteiger charge is 2.22. The molecule has 2 nitrogen and oxygen atoms in total. The summed E-state index contributed by atoms with van der Waals surface area (Å²) in [6.07, 6.45) is 8.04. The molecule has 1 N–H and O–H groups in total. The van der Waals surface area contributed by atoms with Gasteiger partial charge in [-0.15, -0.1) is 0 Å². The van der Waals surface area contributed by atoms with Gasteiger partial charge in [0.25, 0.3) is 0 Å². The van der Waals surface area contributed by atoms with Crippen LogP contribution in [0.25, 0.3) is 0 Å². The molecule has 0 bridgehead atoms. The minimum Gasteiger partial charge on any atom is -0.478 e. The molecule has 1 aliphatic rings. The summed E-state index contributed by atoms with van der Waals surface area (Å²) in [5.41, 5.74) is 1.07. The summed E-state index contributed by atoms with van der Waals surface area (Å²) < 4.78 is 14.0. The summed E-state index contributed by atoms with van der Waals surface area (Å²) in [6.45, 7) is 0. The highest BCUT2D eigenvalue weighted by atomic mass is 79.9. The van der Waals surface area contributed by atoms with E-state index in [0.29, 0.717) is 16.3 Å². The lowest BCUT2D eigenvalue weighted by Crippen LogP contribution is -2.13. The van der Waals surface area contributed by atoms with Crippen molar-refractivity contribution in [3.05, 3.63) is 46.2 Å². The molecule has 108 valence electrons. The lowest BCUT2D eigenvalue weighted by Gasteiger charge is -2.28. The van der Waals surface area contributed by atoms with E-state index in [2.05, 4.69) is 15.9 Å². The molecule has 1 aromatic carbocycles. The van der Waals surface area contributed by atoms with Crippen molar-refractivity contribution in [2.24, 2.45) is 5.92 Å². The molecule has 0 atom stereocenters. The lowest BCUT2D eigenvalue weighted by atomic mass is 9.77. The van der Waals surface area contributed by atoms with Gasteiger partial charge in [-0.1, -0.05) is 12.1 Å². The Hall–Kier alpha value is -1.16. The number of carboxylic acid groups (broad SMARTS) is 1. The molecular weight excluding hydrogens is 323 g/mol. The van der Waals surface area contributed by atoms with Crippen molar-refractivity contribution in [2.45, 2.75) is 38.0 Å². The molecule has 0 aromatic heterocycles. The van der Waals surface area contributed by atoms with Crippen LogP contribution in [0.15, 0.2) is 34.8 Å². The third kappa shape index (κ3) is 4.17. The Morgan fingerprint density at radius 3 is 2.65 bits per heavy atom. The fraction of sp³-hybridized carbons (Fsp3) is 0.438. The minimum atomic E-state index is -0.885. The average molecular weight is 341 g/mol. The molecule has 0 amide bonds. The number of aliphatic carboxylic acids is 1. The van der Waals surface area contributed by atoms with E-state index in [1.165, 1.54) is 6.08 Å².